The van der Waals surface area contributed by atoms with E-state index in [4.69, 9.17) is 9.57 Å². The topological polar surface area (TPSA) is 67.9 Å². The highest BCUT2D eigenvalue weighted by molar-refractivity contribution is 5.88. The van der Waals surface area contributed by atoms with Gasteiger partial charge in [0.05, 0.1) is 0 Å². The summed E-state index contributed by atoms with van der Waals surface area (Å²) in [5, 5.41) is 3.67. The Morgan fingerprint density at radius 3 is 2.30 bits per heavy atom. The van der Waals surface area contributed by atoms with Crippen molar-refractivity contribution in [3.63, 3.8) is 0 Å². The van der Waals surface area contributed by atoms with Crippen molar-refractivity contribution >= 4 is 17.7 Å². The number of carbonyl (C=O) groups excluding carboxylic acids is 2. The van der Waals surface area contributed by atoms with Gasteiger partial charge in [0.2, 0.25) is 5.91 Å². The van der Waals surface area contributed by atoms with Crippen molar-refractivity contribution in [2.45, 2.75) is 13.5 Å². The minimum atomic E-state index is -0.631. The van der Waals surface area contributed by atoms with Crippen LogP contribution in [0.25, 0.3) is 0 Å². The fraction of sp³-hybridized carbons (Fsp3) is 0.176. The lowest BCUT2D eigenvalue weighted by Gasteiger charge is -2.16. The van der Waals surface area contributed by atoms with E-state index in [1.165, 1.54) is 14.0 Å². The molecule has 0 radical (unpaired) electrons. The van der Waals surface area contributed by atoms with E-state index < -0.39 is 6.09 Å². The van der Waals surface area contributed by atoms with E-state index in [-0.39, 0.29) is 12.5 Å². The third kappa shape index (κ3) is 5.44. The van der Waals surface area contributed by atoms with Crippen LogP contribution in [-0.2, 0) is 16.2 Å². The summed E-state index contributed by atoms with van der Waals surface area (Å²) in [4.78, 5) is 28.2. The fourth-order valence-corrected chi connectivity index (χ4v) is 1.77. The van der Waals surface area contributed by atoms with Gasteiger partial charge in [-0.2, -0.15) is 5.06 Å². The van der Waals surface area contributed by atoms with Crippen molar-refractivity contribution in [2.75, 3.05) is 12.4 Å². The van der Waals surface area contributed by atoms with E-state index in [9.17, 15) is 9.59 Å². The molecule has 0 atom stereocenters. The van der Waals surface area contributed by atoms with Gasteiger partial charge >= 0.3 is 6.09 Å². The van der Waals surface area contributed by atoms with Crippen LogP contribution in [0.1, 0.15) is 12.5 Å². The molecule has 0 heterocycles. The molecule has 0 aliphatic heterocycles. The Kier molecular flexibility index (Phi) is 5.71. The normalized spacial score (nSPS) is 10.0. The van der Waals surface area contributed by atoms with Crippen LogP contribution in [-0.4, -0.2) is 24.1 Å². The van der Waals surface area contributed by atoms with Crippen molar-refractivity contribution in [2.24, 2.45) is 0 Å². The molecule has 6 heteroatoms. The molecular weight excluding hydrogens is 296 g/mol. The maximum Gasteiger partial charge on any atom is 0.439 e. The van der Waals surface area contributed by atoms with Crippen molar-refractivity contribution in [3.05, 3.63) is 60.2 Å². The Hall–Kier alpha value is -2.86. The van der Waals surface area contributed by atoms with Gasteiger partial charge in [0, 0.05) is 19.7 Å². The number of nitrogens with one attached hydrogen (secondary N) is 1. The zero-order valence-electron chi connectivity index (χ0n) is 13.0. The largest absolute Gasteiger partial charge is 0.439 e. The van der Waals surface area contributed by atoms with E-state index in [1.807, 2.05) is 30.3 Å². The molecule has 6 nitrogen and oxygen atoms in total. The van der Waals surface area contributed by atoms with Crippen molar-refractivity contribution in [3.8, 4) is 5.75 Å². The summed E-state index contributed by atoms with van der Waals surface area (Å²) in [6.45, 7) is 1.70. The number of amides is 2. The molecule has 0 aliphatic rings. The number of hydrogen-bond donors (Lipinski definition) is 1. The lowest BCUT2D eigenvalue weighted by Crippen LogP contribution is -2.29. The summed E-state index contributed by atoms with van der Waals surface area (Å²) in [7, 11) is 1.48. The van der Waals surface area contributed by atoms with Gasteiger partial charge in [-0.3, -0.25) is 9.63 Å². The summed E-state index contributed by atoms with van der Waals surface area (Å²) in [6, 6.07) is 16.0. The Balaban J connectivity index is 1.84. The highest BCUT2D eigenvalue weighted by Gasteiger charge is 2.12. The monoisotopic (exact) mass is 314 g/mol. The Morgan fingerprint density at radius 1 is 1.04 bits per heavy atom. The van der Waals surface area contributed by atoms with Gasteiger partial charge in [-0.05, 0) is 29.8 Å². The second-order valence-corrected chi connectivity index (χ2v) is 4.83. The number of hydrogen-bond acceptors (Lipinski definition) is 4. The number of carbonyl (C=O) groups is 2. The molecule has 0 unspecified atom stereocenters. The molecule has 0 fully saturated rings. The van der Waals surface area contributed by atoms with E-state index in [2.05, 4.69) is 5.32 Å². The highest BCUT2D eigenvalue weighted by atomic mass is 16.7. The number of nitrogens with zero attached hydrogens (tertiary/aromatic N) is 1. The van der Waals surface area contributed by atoms with Gasteiger partial charge in [-0.1, -0.05) is 30.3 Å². The van der Waals surface area contributed by atoms with Gasteiger partial charge in [-0.25, -0.2) is 4.79 Å². The first-order valence-corrected chi connectivity index (χ1v) is 7.04. The summed E-state index contributed by atoms with van der Waals surface area (Å²) in [5.41, 5.74) is 1.58. The molecule has 2 amide bonds. The third-order valence-electron chi connectivity index (χ3n) is 2.90. The number of anilines is 1. The number of ether oxygens (including phenoxy) is 1. The van der Waals surface area contributed by atoms with Crippen LogP contribution in [0.2, 0.25) is 0 Å². The zero-order valence-corrected chi connectivity index (χ0v) is 13.0. The third-order valence-corrected chi connectivity index (χ3v) is 2.90. The van der Waals surface area contributed by atoms with Crippen LogP contribution in [0, 0.1) is 0 Å². The Morgan fingerprint density at radius 2 is 1.70 bits per heavy atom. The van der Waals surface area contributed by atoms with Crippen LogP contribution in [0.3, 0.4) is 0 Å². The molecular formula is C17H18N2O4. The average molecular weight is 314 g/mol. The van der Waals surface area contributed by atoms with Crippen LogP contribution in [0.4, 0.5) is 10.5 Å². The quantitative estimate of drug-likeness (QED) is 0.861. The molecule has 0 saturated heterocycles. The van der Waals surface area contributed by atoms with Crippen LogP contribution in [0.15, 0.2) is 54.6 Å². The number of rotatable bonds is 5. The average Bonchev–Trinajstić information content (AvgIpc) is 2.55. The van der Waals surface area contributed by atoms with Crippen molar-refractivity contribution in [1.29, 1.82) is 0 Å². The van der Waals surface area contributed by atoms with Crippen molar-refractivity contribution in [1.82, 2.24) is 5.06 Å². The van der Waals surface area contributed by atoms with Gasteiger partial charge in [0.1, 0.15) is 12.4 Å². The first-order valence-electron chi connectivity index (χ1n) is 7.04. The van der Waals surface area contributed by atoms with Gasteiger partial charge in [0.15, 0.2) is 0 Å². The first-order chi connectivity index (χ1) is 11.0. The maximum atomic E-state index is 11.9. The molecule has 120 valence electrons. The second-order valence-electron chi connectivity index (χ2n) is 4.83. The molecule has 0 aromatic heterocycles. The van der Waals surface area contributed by atoms with Crippen LogP contribution >= 0.6 is 0 Å². The van der Waals surface area contributed by atoms with E-state index >= 15 is 0 Å². The molecule has 0 aliphatic carbocycles. The molecule has 2 rings (SSSR count). The zero-order chi connectivity index (χ0) is 16.7. The molecule has 0 saturated carbocycles. The van der Waals surface area contributed by atoms with Gasteiger partial charge in [0.25, 0.3) is 0 Å². The summed E-state index contributed by atoms with van der Waals surface area (Å²) < 4.78 is 5.17. The second kappa shape index (κ2) is 7.95. The summed E-state index contributed by atoms with van der Waals surface area (Å²) >= 11 is 0. The molecule has 2 aromatic rings. The maximum absolute atomic E-state index is 11.9. The van der Waals surface area contributed by atoms with E-state index in [0.717, 1.165) is 10.6 Å². The minimum Gasteiger partial charge on any atom is -0.409 e. The molecule has 0 spiro atoms. The van der Waals surface area contributed by atoms with Crippen molar-refractivity contribution < 1.29 is 19.2 Å². The predicted octanol–water partition coefficient (Wildman–Crippen LogP) is 3.21. The van der Waals surface area contributed by atoms with Gasteiger partial charge in [-0.15, -0.1) is 0 Å². The molecule has 0 bridgehead atoms. The number of benzene rings is 2. The number of hydroxylamine groups is 2. The van der Waals surface area contributed by atoms with Gasteiger partial charge < -0.3 is 10.1 Å². The predicted molar refractivity (Wildman–Crippen MR) is 85.8 cm³/mol. The fourth-order valence-electron chi connectivity index (χ4n) is 1.77. The van der Waals surface area contributed by atoms with Crippen LogP contribution < -0.4 is 10.1 Å². The SMILES string of the molecule is CC(=O)Nc1ccc(OC(=O)N(C)OCc2ccccc2)cc1. The summed E-state index contributed by atoms with van der Waals surface area (Å²) in [5.74, 6) is 0.197. The molecule has 23 heavy (non-hydrogen) atoms. The molecule has 1 N–H and O–H groups in total. The minimum absolute atomic E-state index is 0.163. The Bertz CT molecular complexity index is 656. The van der Waals surface area contributed by atoms with E-state index in [0.29, 0.717) is 11.4 Å². The Labute approximate surface area is 134 Å². The molecule has 2 aromatic carbocycles. The smallest absolute Gasteiger partial charge is 0.409 e. The first kappa shape index (κ1) is 16.5. The highest BCUT2D eigenvalue weighted by Crippen LogP contribution is 2.16. The standard InChI is InChI=1S/C17H18N2O4/c1-13(20)18-15-8-10-16(11-9-15)23-17(21)19(2)22-12-14-6-4-3-5-7-14/h3-11H,12H2,1-2H3,(H,18,20). The van der Waals surface area contributed by atoms with Crippen LogP contribution in [0.5, 0.6) is 5.75 Å². The summed E-state index contributed by atoms with van der Waals surface area (Å²) in [6.07, 6.45) is -0.631. The van der Waals surface area contributed by atoms with E-state index in [1.54, 1.807) is 24.3 Å². The lowest BCUT2D eigenvalue weighted by atomic mass is 10.2. The lowest BCUT2D eigenvalue weighted by molar-refractivity contribution is -0.120.